The minimum Gasteiger partial charge on any atom is -0.299 e. The maximum Gasteiger partial charge on any atom is 0.287 e. The van der Waals surface area contributed by atoms with E-state index in [-0.39, 0.29) is 22.4 Å². The molecule has 5 heteroatoms. The minimum absolute atomic E-state index is 0.0853. The molecule has 0 aromatic heterocycles. The van der Waals surface area contributed by atoms with Crippen molar-refractivity contribution >= 4 is 23.1 Å². The topological polar surface area (TPSA) is 60.2 Å². The molecule has 1 aliphatic carbocycles. The molecule has 0 heterocycles. The van der Waals surface area contributed by atoms with E-state index in [2.05, 4.69) is 12.1 Å². The van der Waals surface area contributed by atoms with Gasteiger partial charge in [-0.3, -0.25) is 14.9 Å². The smallest absolute Gasteiger partial charge is 0.287 e. The summed E-state index contributed by atoms with van der Waals surface area (Å²) in [6.07, 6.45) is 2.09. The number of nitro benzene ring substituents is 1. The summed E-state index contributed by atoms with van der Waals surface area (Å²) in [5.41, 5.74) is 1.88. The number of hydrogen-bond acceptors (Lipinski definition) is 3. The van der Waals surface area contributed by atoms with Crippen LogP contribution >= 0.6 is 11.6 Å². The number of nitrogens with zero attached hydrogens (tertiary/aromatic N) is 1. The number of hydrogen-bond donors (Lipinski definition) is 0. The van der Waals surface area contributed by atoms with Crippen molar-refractivity contribution in [1.82, 2.24) is 0 Å². The molecule has 0 N–H and O–H groups in total. The number of Topliss-reactive ketones (excluding diaryl/α,β-unsaturated/α-hetero) is 1. The van der Waals surface area contributed by atoms with Gasteiger partial charge >= 0.3 is 0 Å². The lowest BCUT2D eigenvalue weighted by atomic mass is 9.74. The first-order valence-corrected chi connectivity index (χ1v) is 7.95. The van der Waals surface area contributed by atoms with Gasteiger partial charge < -0.3 is 0 Å². The maximum atomic E-state index is 12.3. The van der Waals surface area contributed by atoms with Crippen LogP contribution < -0.4 is 0 Å². The van der Waals surface area contributed by atoms with Gasteiger partial charge in [-0.25, -0.2) is 0 Å². The summed E-state index contributed by atoms with van der Waals surface area (Å²) in [4.78, 5) is 22.7. The van der Waals surface area contributed by atoms with Gasteiger partial charge in [-0.1, -0.05) is 48.0 Å². The Hall–Kier alpha value is -2.20. The van der Waals surface area contributed by atoms with Crippen LogP contribution in [-0.2, 0) is 4.79 Å². The van der Waals surface area contributed by atoms with Crippen molar-refractivity contribution < 1.29 is 9.72 Å². The Morgan fingerprint density at radius 1 is 1.09 bits per heavy atom. The van der Waals surface area contributed by atoms with Crippen molar-refractivity contribution in [2.45, 2.75) is 31.1 Å². The summed E-state index contributed by atoms with van der Waals surface area (Å²) in [5.74, 6) is 0.266. The summed E-state index contributed by atoms with van der Waals surface area (Å²) in [6.45, 7) is 0. The van der Waals surface area contributed by atoms with Crippen molar-refractivity contribution in [3.05, 3.63) is 74.8 Å². The molecule has 1 aliphatic rings. The summed E-state index contributed by atoms with van der Waals surface area (Å²) in [6, 6.07) is 14.8. The highest BCUT2D eigenvalue weighted by Crippen LogP contribution is 2.40. The van der Waals surface area contributed by atoms with Crippen molar-refractivity contribution in [1.29, 1.82) is 0 Å². The SMILES string of the molecule is O=C1CCC(c2ccccc2)CC1c1ccc([N+](=O)[O-])c(Cl)c1. The van der Waals surface area contributed by atoms with Crippen LogP contribution in [0, 0.1) is 10.1 Å². The van der Waals surface area contributed by atoms with E-state index in [4.69, 9.17) is 11.6 Å². The molecule has 118 valence electrons. The molecule has 1 fully saturated rings. The highest BCUT2D eigenvalue weighted by atomic mass is 35.5. The second-order valence-electron chi connectivity index (χ2n) is 5.87. The summed E-state index contributed by atoms with van der Waals surface area (Å²) < 4.78 is 0. The molecule has 0 spiro atoms. The van der Waals surface area contributed by atoms with Crippen molar-refractivity contribution in [3.63, 3.8) is 0 Å². The molecule has 3 rings (SSSR count). The standard InChI is InChI=1S/C18H16ClNO3/c19-16-11-14(6-8-17(16)20(22)23)15-10-13(7-9-18(15)21)12-4-2-1-3-5-12/h1-6,8,11,13,15H,7,9-10H2. The van der Waals surface area contributed by atoms with Crippen LogP contribution in [0.25, 0.3) is 0 Å². The molecule has 2 aromatic carbocycles. The van der Waals surface area contributed by atoms with Crippen LogP contribution in [0.4, 0.5) is 5.69 Å². The van der Waals surface area contributed by atoms with Gasteiger partial charge in [-0.15, -0.1) is 0 Å². The molecule has 2 atom stereocenters. The molecule has 23 heavy (non-hydrogen) atoms. The molecule has 0 amide bonds. The third kappa shape index (κ3) is 3.27. The summed E-state index contributed by atoms with van der Waals surface area (Å²) in [7, 11) is 0. The quantitative estimate of drug-likeness (QED) is 0.596. The van der Waals surface area contributed by atoms with E-state index in [0.29, 0.717) is 12.3 Å². The molecule has 1 saturated carbocycles. The van der Waals surface area contributed by atoms with Gasteiger partial charge in [0.1, 0.15) is 10.8 Å². The highest BCUT2D eigenvalue weighted by Gasteiger charge is 2.31. The molecular weight excluding hydrogens is 314 g/mol. The van der Waals surface area contributed by atoms with E-state index >= 15 is 0 Å². The van der Waals surface area contributed by atoms with Gasteiger partial charge in [0, 0.05) is 18.4 Å². The van der Waals surface area contributed by atoms with Gasteiger partial charge in [0.2, 0.25) is 0 Å². The predicted octanol–water partition coefficient (Wildman–Crippen LogP) is 4.87. The number of carbonyl (C=O) groups excluding carboxylic acids is 1. The number of benzene rings is 2. The molecule has 2 aromatic rings. The van der Waals surface area contributed by atoms with Crippen LogP contribution in [0.15, 0.2) is 48.5 Å². The fourth-order valence-electron chi connectivity index (χ4n) is 3.26. The maximum absolute atomic E-state index is 12.3. The van der Waals surface area contributed by atoms with E-state index in [0.717, 1.165) is 18.4 Å². The zero-order chi connectivity index (χ0) is 16.4. The van der Waals surface area contributed by atoms with Crippen molar-refractivity contribution in [2.75, 3.05) is 0 Å². The molecule has 0 radical (unpaired) electrons. The Balaban J connectivity index is 1.87. The lowest BCUT2D eigenvalue weighted by molar-refractivity contribution is -0.384. The second-order valence-corrected chi connectivity index (χ2v) is 6.28. The zero-order valence-corrected chi connectivity index (χ0v) is 13.2. The van der Waals surface area contributed by atoms with E-state index in [1.54, 1.807) is 12.1 Å². The van der Waals surface area contributed by atoms with Crippen molar-refractivity contribution in [3.8, 4) is 0 Å². The van der Waals surface area contributed by atoms with Crippen LogP contribution in [0.5, 0.6) is 0 Å². The highest BCUT2D eigenvalue weighted by molar-refractivity contribution is 6.32. The Morgan fingerprint density at radius 3 is 2.48 bits per heavy atom. The molecule has 4 nitrogen and oxygen atoms in total. The van der Waals surface area contributed by atoms with Gasteiger partial charge in [0.05, 0.1) is 4.92 Å². The lowest BCUT2D eigenvalue weighted by Gasteiger charge is -2.28. The largest absolute Gasteiger partial charge is 0.299 e. The first-order valence-electron chi connectivity index (χ1n) is 7.57. The van der Waals surface area contributed by atoms with Crippen LogP contribution in [0.2, 0.25) is 5.02 Å². The summed E-state index contributed by atoms with van der Waals surface area (Å²) >= 11 is 5.99. The predicted molar refractivity (Wildman–Crippen MR) is 88.9 cm³/mol. The Bertz CT molecular complexity index is 745. The van der Waals surface area contributed by atoms with E-state index in [9.17, 15) is 14.9 Å². The van der Waals surface area contributed by atoms with Gasteiger partial charge in [-0.2, -0.15) is 0 Å². The number of carbonyl (C=O) groups is 1. The van der Waals surface area contributed by atoms with E-state index < -0.39 is 4.92 Å². The van der Waals surface area contributed by atoms with Gasteiger partial charge in [0.15, 0.2) is 0 Å². The molecule has 2 unspecified atom stereocenters. The average molecular weight is 330 g/mol. The number of rotatable bonds is 3. The molecule has 0 bridgehead atoms. The molecule has 0 aliphatic heterocycles. The number of nitro groups is 1. The third-order valence-corrected chi connectivity index (χ3v) is 4.79. The van der Waals surface area contributed by atoms with Crippen LogP contribution in [0.3, 0.4) is 0 Å². The first-order chi connectivity index (χ1) is 11.1. The molecular formula is C18H16ClNO3. The van der Waals surface area contributed by atoms with Crippen LogP contribution in [0.1, 0.15) is 42.2 Å². The van der Waals surface area contributed by atoms with Crippen LogP contribution in [-0.4, -0.2) is 10.7 Å². The van der Waals surface area contributed by atoms with Gasteiger partial charge in [-0.05, 0) is 36.0 Å². The van der Waals surface area contributed by atoms with E-state index in [1.165, 1.54) is 11.6 Å². The Morgan fingerprint density at radius 2 is 1.83 bits per heavy atom. The summed E-state index contributed by atoms with van der Waals surface area (Å²) in [5, 5.41) is 11.0. The normalized spacial score (nSPS) is 21.2. The first kappa shape index (κ1) is 15.7. The Labute approximate surface area is 139 Å². The third-order valence-electron chi connectivity index (χ3n) is 4.49. The fraction of sp³-hybridized carbons (Fsp3) is 0.278. The van der Waals surface area contributed by atoms with Crippen molar-refractivity contribution in [2.24, 2.45) is 0 Å². The minimum atomic E-state index is -0.512. The average Bonchev–Trinajstić information content (AvgIpc) is 2.55. The zero-order valence-electron chi connectivity index (χ0n) is 12.4. The number of halogens is 1. The Kier molecular flexibility index (Phi) is 4.44. The monoisotopic (exact) mass is 329 g/mol. The van der Waals surface area contributed by atoms with Gasteiger partial charge in [0.25, 0.3) is 5.69 Å². The van der Waals surface area contributed by atoms with E-state index in [1.807, 2.05) is 18.2 Å². The lowest BCUT2D eigenvalue weighted by Crippen LogP contribution is -2.22. The molecule has 0 saturated heterocycles. The fourth-order valence-corrected chi connectivity index (χ4v) is 3.52. The number of ketones is 1. The second kappa shape index (κ2) is 6.50.